The van der Waals surface area contributed by atoms with Crippen LogP contribution in [-0.2, 0) is 11.8 Å². The predicted molar refractivity (Wildman–Crippen MR) is 80.2 cm³/mol. The number of carboxylic acids is 1. The third-order valence-electron chi connectivity index (χ3n) is 3.36. The number of nitrogens with one attached hydrogen (secondary N) is 2. The van der Waals surface area contributed by atoms with E-state index in [9.17, 15) is 9.59 Å². The predicted octanol–water partition coefficient (Wildman–Crippen LogP) is 2.13. The monoisotopic (exact) mass is 296 g/mol. The first-order valence-corrected chi connectivity index (χ1v) is 6.96. The highest BCUT2D eigenvalue weighted by molar-refractivity contribution is 5.89. The van der Waals surface area contributed by atoms with Crippen LogP contribution in [-0.4, -0.2) is 33.4 Å². The Morgan fingerprint density at radius 3 is 2.57 bits per heavy atom. The Morgan fingerprint density at radius 2 is 2.05 bits per heavy atom. The van der Waals surface area contributed by atoms with Crippen LogP contribution in [0.1, 0.15) is 38.8 Å². The number of carboxylic acid groups (broad SMARTS) is 1. The Bertz CT molecular complexity index is 508. The minimum Gasteiger partial charge on any atom is -0.481 e. The van der Waals surface area contributed by atoms with E-state index in [0.29, 0.717) is 18.7 Å². The van der Waals surface area contributed by atoms with E-state index >= 15 is 0 Å². The minimum absolute atomic E-state index is 0.115. The normalized spacial score (nSPS) is 11.2. The lowest BCUT2D eigenvalue weighted by Crippen LogP contribution is -2.32. The summed E-state index contributed by atoms with van der Waals surface area (Å²) in [6.07, 6.45) is 3.20. The zero-order chi connectivity index (χ0) is 16.0. The van der Waals surface area contributed by atoms with Crippen LogP contribution < -0.4 is 10.6 Å². The Kier molecular flexibility index (Phi) is 5.75. The molecule has 0 bridgehead atoms. The summed E-state index contributed by atoms with van der Waals surface area (Å²) in [5.41, 5.74) is 1.32. The molecule has 1 heterocycles. The average molecular weight is 296 g/mol. The van der Waals surface area contributed by atoms with Gasteiger partial charge in [-0.1, -0.05) is 13.8 Å². The minimum atomic E-state index is -0.791. The summed E-state index contributed by atoms with van der Waals surface area (Å²) >= 11 is 0. The molecule has 0 aliphatic heterocycles. The van der Waals surface area contributed by atoms with Crippen molar-refractivity contribution in [2.45, 2.75) is 40.0 Å². The second-order valence-corrected chi connectivity index (χ2v) is 5.99. The Morgan fingerprint density at radius 1 is 1.38 bits per heavy atom. The number of hydrogen-bond acceptors (Lipinski definition) is 3. The van der Waals surface area contributed by atoms with Gasteiger partial charge in [-0.3, -0.25) is 9.48 Å². The zero-order valence-corrected chi connectivity index (χ0v) is 13.1. The molecule has 0 fully saturated rings. The van der Waals surface area contributed by atoms with E-state index in [0.717, 1.165) is 12.1 Å². The molecular weight excluding hydrogens is 272 g/mol. The number of aryl methyl sites for hydroxylation is 2. The summed E-state index contributed by atoms with van der Waals surface area (Å²) in [4.78, 5) is 22.3. The van der Waals surface area contributed by atoms with Gasteiger partial charge in [-0.15, -0.1) is 0 Å². The number of aromatic nitrogens is 2. The van der Waals surface area contributed by atoms with Crippen molar-refractivity contribution in [2.24, 2.45) is 12.5 Å². The van der Waals surface area contributed by atoms with Gasteiger partial charge < -0.3 is 15.7 Å². The molecule has 0 atom stereocenters. The standard InChI is InChI=1S/C14H24N4O3/c1-10-11(9-18(4)17-10)16-13(21)15-8-7-14(2,3)6-5-12(19)20/h9H,5-8H2,1-4H3,(H,19,20)(H2,15,16,21). The highest BCUT2D eigenvalue weighted by Crippen LogP contribution is 2.26. The first-order valence-electron chi connectivity index (χ1n) is 6.96. The second-order valence-electron chi connectivity index (χ2n) is 5.99. The molecule has 0 aromatic carbocycles. The first kappa shape index (κ1) is 17.0. The van der Waals surface area contributed by atoms with Crippen molar-refractivity contribution in [1.82, 2.24) is 15.1 Å². The molecule has 0 aliphatic rings. The largest absolute Gasteiger partial charge is 0.481 e. The molecule has 2 amide bonds. The van der Waals surface area contributed by atoms with Gasteiger partial charge in [-0.25, -0.2) is 4.79 Å². The molecule has 7 heteroatoms. The summed E-state index contributed by atoms with van der Waals surface area (Å²) in [5, 5.41) is 18.4. The molecule has 1 aromatic heterocycles. The number of rotatable bonds is 7. The topological polar surface area (TPSA) is 96.3 Å². The van der Waals surface area contributed by atoms with E-state index < -0.39 is 5.97 Å². The van der Waals surface area contributed by atoms with E-state index in [1.54, 1.807) is 17.9 Å². The lowest BCUT2D eigenvalue weighted by Gasteiger charge is -2.23. The number of amides is 2. The summed E-state index contributed by atoms with van der Waals surface area (Å²) in [6, 6.07) is -0.278. The van der Waals surface area contributed by atoms with Crippen LogP contribution in [0.4, 0.5) is 10.5 Å². The second kappa shape index (κ2) is 7.10. The zero-order valence-electron chi connectivity index (χ0n) is 13.1. The van der Waals surface area contributed by atoms with Gasteiger partial charge >= 0.3 is 12.0 Å². The van der Waals surface area contributed by atoms with Crippen molar-refractivity contribution in [1.29, 1.82) is 0 Å². The molecule has 3 N–H and O–H groups in total. The van der Waals surface area contributed by atoms with Gasteiger partial charge in [0.05, 0.1) is 11.4 Å². The van der Waals surface area contributed by atoms with E-state index in [1.807, 2.05) is 20.8 Å². The summed E-state index contributed by atoms with van der Waals surface area (Å²) in [7, 11) is 1.79. The van der Waals surface area contributed by atoms with Crippen molar-refractivity contribution in [3.63, 3.8) is 0 Å². The molecule has 1 rings (SSSR count). The quantitative estimate of drug-likeness (QED) is 0.718. The number of carbonyl (C=O) groups is 2. The molecule has 0 spiro atoms. The molecule has 0 radical (unpaired) electrons. The fourth-order valence-corrected chi connectivity index (χ4v) is 1.97. The fourth-order valence-electron chi connectivity index (χ4n) is 1.97. The van der Waals surface area contributed by atoms with Crippen molar-refractivity contribution in [3.05, 3.63) is 11.9 Å². The lowest BCUT2D eigenvalue weighted by atomic mass is 9.84. The third-order valence-corrected chi connectivity index (χ3v) is 3.36. The fraction of sp³-hybridized carbons (Fsp3) is 0.643. The van der Waals surface area contributed by atoms with Crippen LogP contribution in [0.5, 0.6) is 0 Å². The van der Waals surface area contributed by atoms with Gasteiger partial charge in [-0.05, 0) is 25.2 Å². The average Bonchev–Trinajstić information content (AvgIpc) is 2.65. The molecule has 0 saturated carbocycles. The van der Waals surface area contributed by atoms with Gasteiger partial charge in [-0.2, -0.15) is 5.10 Å². The Balaban J connectivity index is 2.33. The molecule has 0 saturated heterocycles. The SMILES string of the molecule is Cc1nn(C)cc1NC(=O)NCCC(C)(C)CCC(=O)O. The van der Waals surface area contributed by atoms with Crippen LogP contribution in [0.15, 0.2) is 6.20 Å². The van der Waals surface area contributed by atoms with E-state index in [-0.39, 0.29) is 17.9 Å². The lowest BCUT2D eigenvalue weighted by molar-refractivity contribution is -0.137. The summed E-state index contributed by atoms with van der Waals surface area (Å²) < 4.78 is 1.64. The number of hydrogen-bond donors (Lipinski definition) is 3. The van der Waals surface area contributed by atoms with Crippen LogP contribution in [0.25, 0.3) is 0 Å². The number of nitrogens with zero attached hydrogens (tertiary/aromatic N) is 2. The van der Waals surface area contributed by atoms with Gasteiger partial charge in [0.25, 0.3) is 0 Å². The molecular formula is C14H24N4O3. The van der Waals surface area contributed by atoms with E-state index in [2.05, 4.69) is 15.7 Å². The number of aliphatic carboxylic acids is 1. The third kappa shape index (κ3) is 6.29. The number of urea groups is 1. The van der Waals surface area contributed by atoms with Crippen molar-refractivity contribution in [2.75, 3.05) is 11.9 Å². The summed E-state index contributed by atoms with van der Waals surface area (Å²) in [5.74, 6) is -0.791. The van der Waals surface area contributed by atoms with Gasteiger partial charge in [0.2, 0.25) is 0 Å². The van der Waals surface area contributed by atoms with Gasteiger partial charge in [0.1, 0.15) is 0 Å². The Labute approximate surface area is 124 Å². The smallest absolute Gasteiger partial charge is 0.319 e. The highest BCUT2D eigenvalue weighted by Gasteiger charge is 2.19. The van der Waals surface area contributed by atoms with Crippen LogP contribution in [0.3, 0.4) is 0 Å². The molecule has 7 nitrogen and oxygen atoms in total. The summed E-state index contributed by atoms with van der Waals surface area (Å²) in [6.45, 7) is 6.32. The van der Waals surface area contributed by atoms with Crippen molar-refractivity contribution in [3.8, 4) is 0 Å². The number of carbonyl (C=O) groups excluding carboxylic acids is 1. The van der Waals surface area contributed by atoms with Crippen LogP contribution in [0.2, 0.25) is 0 Å². The van der Waals surface area contributed by atoms with E-state index in [4.69, 9.17) is 5.11 Å². The maximum absolute atomic E-state index is 11.8. The molecule has 118 valence electrons. The van der Waals surface area contributed by atoms with Crippen LogP contribution >= 0.6 is 0 Å². The highest BCUT2D eigenvalue weighted by atomic mass is 16.4. The maximum Gasteiger partial charge on any atom is 0.319 e. The van der Waals surface area contributed by atoms with Crippen molar-refractivity contribution >= 4 is 17.7 Å². The molecule has 0 aliphatic carbocycles. The molecule has 1 aromatic rings. The maximum atomic E-state index is 11.8. The van der Waals surface area contributed by atoms with Crippen molar-refractivity contribution < 1.29 is 14.7 Å². The van der Waals surface area contributed by atoms with Gasteiger partial charge in [0.15, 0.2) is 0 Å². The first-order chi connectivity index (χ1) is 9.69. The van der Waals surface area contributed by atoms with E-state index in [1.165, 1.54) is 0 Å². The van der Waals surface area contributed by atoms with Gasteiger partial charge in [0, 0.05) is 26.2 Å². The molecule has 21 heavy (non-hydrogen) atoms. The molecule has 0 unspecified atom stereocenters. The Hall–Kier alpha value is -2.05. The van der Waals surface area contributed by atoms with Crippen LogP contribution in [0, 0.1) is 12.3 Å². The number of anilines is 1.